The van der Waals surface area contributed by atoms with Crippen molar-refractivity contribution in [2.24, 2.45) is 5.73 Å². The van der Waals surface area contributed by atoms with Crippen LogP contribution in [0.1, 0.15) is 37.6 Å². The van der Waals surface area contributed by atoms with Crippen molar-refractivity contribution in [3.05, 3.63) is 33.9 Å². The van der Waals surface area contributed by atoms with E-state index in [1.807, 2.05) is 6.92 Å². The quantitative estimate of drug-likeness (QED) is 0.589. The van der Waals surface area contributed by atoms with Crippen LogP contribution in [-0.4, -0.2) is 29.5 Å². The summed E-state index contributed by atoms with van der Waals surface area (Å²) in [5.41, 5.74) is 4.95. The number of hydrogen-bond acceptors (Lipinski definition) is 5. The van der Waals surface area contributed by atoms with Crippen molar-refractivity contribution in [1.82, 2.24) is 5.32 Å². The summed E-state index contributed by atoms with van der Waals surface area (Å²) in [6.07, 6.45) is 0.740. The molecule has 0 heterocycles. The van der Waals surface area contributed by atoms with E-state index >= 15 is 0 Å². The van der Waals surface area contributed by atoms with E-state index in [4.69, 9.17) is 10.5 Å². The Morgan fingerprint density at radius 2 is 2.14 bits per heavy atom. The maximum atomic E-state index is 12.1. The summed E-state index contributed by atoms with van der Waals surface area (Å²) < 4.78 is 5.31. The van der Waals surface area contributed by atoms with Crippen molar-refractivity contribution < 1.29 is 14.5 Å². The summed E-state index contributed by atoms with van der Waals surface area (Å²) in [5.74, 6) is -0.243. The molecule has 0 aliphatic carbocycles. The summed E-state index contributed by atoms with van der Waals surface area (Å²) in [6, 6.07) is 4.16. The van der Waals surface area contributed by atoms with Crippen LogP contribution in [0.5, 0.6) is 5.75 Å². The molecular weight excluding hydrogens is 274 g/mol. The number of benzene rings is 1. The first-order chi connectivity index (χ1) is 9.80. The highest BCUT2D eigenvalue weighted by Crippen LogP contribution is 2.28. The third kappa shape index (κ3) is 4.71. The number of nitro benzene ring substituents is 1. The van der Waals surface area contributed by atoms with Crippen LogP contribution in [0.2, 0.25) is 0 Å². The molecule has 21 heavy (non-hydrogen) atoms. The van der Waals surface area contributed by atoms with E-state index in [2.05, 4.69) is 5.32 Å². The van der Waals surface area contributed by atoms with Gasteiger partial charge in [0.15, 0.2) is 5.75 Å². The predicted molar refractivity (Wildman–Crippen MR) is 79.5 cm³/mol. The lowest BCUT2D eigenvalue weighted by molar-refractivity contribution is -0.385. The molecule has 0 aliphatic heterocycles. The van der Waals surface area contributed by atoms with Gasteiger partial charge in [0, 0.05) is 23.7 Å². The number of hydrogen-bond donors (Lipinski definition) is 2. The predicted octanol–water partition coefficient (Wildman–Crippen LogP) is 1.85. The van der Waals surface area contributed by atoms with Crippen LogP contribution in [0.4, 0.5) is 5.69 Å². The Hall–Kier alpha value is -2.15. The highest BCUT2D eigenvalue weighted by atomic mass is 16.6. The first-order valence-electron chi connectivity index (χ1n) is 6.74. The maximum Gasteiger partial charge on any atom is 0.311 e. The minimum absolute atomic E-state index is 0.163. The Bertz CT molecular complexity index is 529. The fourth-order valence-corrected chi connectivity index (χ4v) is 1.57. The van der Waals surface area contributed by atoms with E-state index in [-0.39, 0.29) is 23.5 Å². The molecular formula is C14H21N3O4. The second-order valence-corrected chi connectivity index (χ2v) is 5.33. The van der Waals surface area contributed by atoms with Gasteiger partial charge in [0.2, 0.25) is 0 Å². The van der Waals surface area contributed by atoms with Gasteiger partial charge in [-0.05, 0) is 32.4 Å². The van der Waals surface area contributed by atoms with E-state index in [0.29, 0.717) is 6.61 Å². The van der Waals surface area contributed by atoms with E-state index in [1.54, 1.807) is 13.8 Å². The number of ether oxygens (including phenoxy) is 1. The molecule has 0 fully saturated rings. The van der Waals surface area contributed by atoms with Gasteiger partial charge in [-0.25, -0.2) is 0 Å². The lowest BCUT2D eigenvalue weighted by atomic mass is 10.0. The SMILES string of the molecule is CCCOc1ccc(C(=O)NC(C)(C)CN)cc1[N+](=O)[O-]. The van der Waals surface area contributed by atoms with Gasteiger partial charge in [0.25, 0.3) is 5.91 Å². The largest absolute Gasteiger partial charge is 0.487 e. The number of nitrogens with one attached hydrogen (secondary N) is 1. The highest BCUT2D eigenvalue weighted by molar-refractivity contribution is 5.95. The van der Waals surface area contributed by atoms with Gasteiger partial charge >= 0.3 is 5.69 Å². The summed E-state index contributed by atoms with van der Waals surface area (Å²) in [6.45, 7) is 6.10. The molecule has 7 heteroatoms. The zero-order valence-electron chi connectivity index (χ0n) is 12.5. The molecule has 3 N–H and O–H groups in total. The molecule has 0 radical (unpaired) electrons. The van der Waals surface area contributed by atoms with E-state index in [0.717, 1.165) is 6.42 Å². The van der Waals surface area contributed by atoms with Crippen LogP contribution in [0.25, 0.3) is 0 Å². The lowest BCUT2D eigenvalue weighted by Crippen LogP contribution is -2.48. The zero-order valence-corrected chi connectivity index (χ0v) is 12.5. The minimum Gasteiger partial charge on any atom is -0.487 e. The van der Waals surface area contributed by atoms with E-state index < -0.39 is 16.4 Å². The number of nitrogens with zero attached hydrogens (tertiary/aromatic N) is 1. The third-order valence-corrected chi connectivity index (χ3v) is 2.84. The fourth-order valence-electron chi connectivity index (χ4n) is 1.57. The smallest absolute Gasteiger partial charge is 0.311 e. The van der Waals surface area contributed by atoms with Crippen molar-refractivity contribution in [1.29, 1.82) is 0 Å². The number of amides is 1. The molecule has 0 saturated carbocycles. The molecule has 0 spiro atoms. The number of nitro groups is 1. The van der Waals surface area contributed by atoms with E-state index in [1.165, 1.54) is 18.2 Å². The second-order valence-electron chi connectivity index (χ2n) is 5.33. The van der Waals surface area contributed by atoms with Crippen LogP contribution >= 0.6 is 0 Å². The van der Waals surface area contributed by atoms with Gasteiger partial charge in [0.05, 0.1) is 11.5 Å². The second kappa shape index (κ2) is 7.03. The topological polar surface area (TPSA) is 107 Å². The molecule has 7 nitrogen and oxygen atoms in total. The molecule has 1 amide bonds. The lowest BCUT2D eigenvalue weighted by Gasteiger charge is -2.24. The molecule has 1 rings (SSSR count). The van der Waals surface area contributed by atoms with Gasteiger partial charge in [-0.3, -0.25) is 14.9 Å². The van der Waals surface area contributed by atoms with Gasteiger partial charge in [-0.1, -0.05) is 6.92 Å². The fraction of sp³-hybridized carbons (Fsp3) is 0.500. The van der Waals surface area contributed by atoms with Crippen molar-refractivity contribution in [2.75, 3.05) is 13.2 Å². The first-order valence-corrected chi connectivity index (χ1v) is 6.74. The third-order valence-electron chi connectivity index (χ3n) is 2.84. The van der Waals surface area contributed by atoms with Gasteiger partial charge in [0.1, 0.15) is 0 Å². The van der Waals surface area contributed by atoms with Crippen molar-refractivity contribution in [3.63, 3.8) is 0 Å². The molecule has 1 aromatic carbocycles. The Morgan fingerprint density at radius 1 is 1.48 bits per heavy atom. The van der Waals surface area contributed by atoms with Gasteiger partial charge in [-0.2, -0.15) is 0 Å². The Balaban J connectivity index is 3.02. The molecule has 1 aromatic rings. The molecule has 0 saturated heterocycles. The van der Waals surface area contributed by atoms with Crippen LogP contribution in [0.3, 0.4) is 0 Å². The average Bonchev–Trinajstić information content (AvgIpc) is 2.44. The minimum atomic E-state index is -0.580. The van der Waals surface area contributed by atoms with Crippen LogP contribution < -0.4 is 15.8 Å². The number of nitrogens with two attached hydrogens (primary N) is 1. The Labute approximate surface area is 123 Å². The van der Waals surface area contributed by atoms with Crippen molar-refractivity contribution >= 4 is 11.6 Å². The normalized spacial score (nSPS) is 11.0. The summed E-state index contributed by atoms with van der Waals surface area (Å²) >= 11 is 0. The number of carbonyl (C=O) groups is 1. The first kappa shape index (κ1) is 16.9. The van der Waals surface area contributed by atoms with Crippen molar-refractivity contribution in [2.45, 2.75) is 32.7 Å². The van der Waals surface area contributed by atoms with Crippen LogP contribution in [0, 0.1) is 10.1 Å². The summed E-state index contributed by atoms with van der Waals surface area (Å²) in [7, 11) is 0. The van der Waals surface area contributed by atoms with Crippen LogP contribution in [-0.2, 0) is 0 Å². The Kier molecular flexibility index (Phi) is 5.66. The van der Waals surface area contributed by atoms with Crippen LogP contribution in [0.15, 0.2) is 18.2 Å². The average molecular weight is 295 g/mol. The van der Waals surface area contributed by atoms with Gasteiger partial charge in [-0.15, -0.1) is 0 Å². The van der Waals surface area contributed by atoms with Gasteiger partial charge < -0.3 is 15.8 Å². The number of carbonyl (C=O) groups excluding carboxylic acids is 1. The standard InChI is InChI=1S/C14H21N3O4/c1-4-7-21-12-6-5-10(8-11(12)17(19)20)13(18)16-14(2,3)9-15/h5-6,8H,4,7,9,15H2,1-3H3,(H,16,18). The molecule has 0 bridgehead atoms. The molecule has 0 atom stereocenters. The molecule has 0 aromatic heterocycles. The maximum absolute atomic E-state index is 12.1. The summed E-state index contributed by atoms with van der Waals surface area (Å²) in [4.78, 5) is 22.6. The molecule has 0 aliphatic rings. The van der Waals surface area contributed by atoms with Crippen molar-refractivity contribution in [3.8, 4) is 5.75 Å². The zero-order chi connectivity index (χ0) is 16.0. The monoisotopic (exact) mass is 295 g/mol. The molecule has 116 valence electrons. The highest BCUT2D eigenvalue weighted by Gasteiger charge is 2.22. The Morgan fingerprint density at radius 3 is 2.67 bits per heavy atom. The van der Waals surface area contributed by atoms with E-state index in [9.17, 15) is 14.9 Å². The summed E-state index contributed by atoms with van der Waals surface area (Å²) in [5, 5.41) is 13.8. The number of rotatable bonds is 7. The molecule has 0 unspecified atom stereocenters.